The van der Waals surface area contributed by atoms with Crippen LogP contribution in [0.2, 0.25) is 0 Å². The molecule has 25 heavy (non-hydrogen) atoms. The Balaban J connectivity index is 1.74. The fraction of sp³-hybridized carbons (Fsp3) is 0.700. The minimum Gasteiger partial charge on any atom is -0.511 e. The Bertz CT molecular complexity index is 722. The number of aliphatic hydroxyl groups excluding tert-OH is 1. The third-order valence-electron chi connectivity index (χ3n) is 8.23. The summed E-state index contributed by atoms with van der Waals surface area (Å²) in [6.45, 7) is 3.96. The van der Waals surface area contributed by atoms with E-state index in [1.54, 1.807) is 6.08 Å². The molecule has 5 heteroatoms. The Kier molecular flexibility index (Phi) is 3.34. The molecule has 0 spiro atoms. The standard InChI is InChI=1S/C20H26O5/c1-18-7-5-15-13(14(18)6-8-20(18,25)17(23)24)4-3-11-9-12(21)10-16(22)19(11,15)2/h9-10,13-15,22,25H,3-8H2,1-2H3,(H,23,24). The van der Waals surface area contributed by atoms with E-state index < -0.39 is 22.4 Å². The number of carbonyl (C=O) groups is 2. The van der Waals surface area contributed by atoms with Gasteiger partial charge in [-0.05, 0) is 69.3 Å². The average molecular weight is 346 g/mol. The molecule has 6 unspecified atom stereocenters. The van der Waals surface area contributed by atoms with Crippen LogP contribution >= 0.6 is 0 Å². The predicted octanol–water partition coefficient (Wildman–Crippen LogP) is 3.00. The van der Waals surface area contributed by atoms with Gasteiger partial charge in [-0.15, -0.1) is 0 Å². The van der Waals surface area contributed by atoms with Gasteiger partial charge in [-0.25, -0.2) is 4.79 Å². The Morgan fingerprint density at radius 3 is 2.48 bits per heavy atom. The van der Waals surface area contributed by atoms with Gasteiger partial charge in [0, 0.05) is 16.9 Å². The molecule has 5 nitrogen and oxygen atoms in total. The highest BCUT2D eigenvalue weighted by Gasteiger charge is 2.67. The fourth-order valence-corrected chi connectivity index (χ4v) is 6.67. The topological polar surface area (TPSA) is 94.8 Å². The molecule has 0 heterocycles. The maximum absolute atomic E-state index is 11.8. The molecule has 4 aliphatic rings. The summed E-state index contributed by atoms with van der Waals surface area (Å²) < 4.78 is 0. The maximum atomic E-state index is 11.8. The van der Waals surface area contributed by atoms with E-state index in [0.717, 1.165) is 24.8 Å². The van der Waals surface area contributed by atoms with Gasteiger partial charge in [-0.3, -0.25) is 4.79 Å². The molecule has 0 saturated heterocycles. The van der Waals surface area contributed by atoms with Crippen molar-refractivity contribution in [2.24, 2.45) is 28.6 Å². The smallest absolute Gasteiger partial charge is 0.336 e. The predicted molar refractivity (Wildman–Crippen MR) is 90.8 cm³/mol. The third-order valence-corrected chi connectivity index (χ3v) is 8.23. The monoisotopic (exact) mass is 346 g/mol. The van der Waals surface area contributed by atoms with Crippen molar-refractivity contribution in [3.05, 3.63) is 23.5 Å². The molecule has 0 aromatic rings. The van der Waals surface area contributed by atoms with Crippen LogP contribution in [0.1, 0.15) is 52.4 Å². The first-order chi connectivity index (χ1) is 11.6. The molecule has 3 saturated carbocycles. The molecule has 0 aliphatic heterocycles. The van der Waals surface area contributed by atoms with E-state index >= 15 is 0 Å². The van der Waals surface area contributed by atoms with Crippen molar-refractivity contribution in [2.75, 3.05) is 0 Å². The van der Waals surface area contributed by atoms with E-state index in [1.165, 1.54) is 6.08 Å². The number of carboxylic acids is 1. The normalized spacial score (nSPS) is 48.8. The highest BCUT2D eigenvalue weighted by Crippen LogP contribution is 2.67. The van der Waals surface area contributed by atoms with Gasteiger partial charge in [0.25, 0.3) is 0 Å². The van der Waals surface area contributed by atoms with Crippen LogP contribution in [0.5, 0.6) is 0 Å². The van der Waals surface area contributed by atoms with E-state index in [4.69, 9.17) is 0 Å². The summed E-state index contributed by atoms with van der Waals surface area (Å²) in [5.74, 6) is -0.519. The summed E-state index contributed by atoms with van der Waals surface area (Å²) in [4.78, 5) is 23.6. The van der Waals surface area contributed by atoms with Crippen LogP contribution in [0.3, 0.4) is 0 Å². The molecule has 3 N–H and O–H groups in total. The van der Waals surface area contributed by atoms with Gasteiger partial charge in [0.2, 0.25) is 0 Å². The largest absolute Gasteiger partial charge is 0.511 e. The Morgan fingerprint density at radius 1 is 1.12 bits per heavy atom. The van der Waals surface area contributed by atoms with Crippen LogP contribution in [-0.4, -0.2) is 32.7 Å². The van der Waals surface area contributed by atoms with Crippen molar-refractivity contribution in [2.45, 2.75) is 58.0 Å². The van der Waals surface area contributed by atoms with Gasteiger partial charge in [-0.2, -0.15) is 0 Å². The molecule has 4 aliphatic carbocycles. The number of hydrogen-bond acceptors (Lipinski definition) is 4. The molecule has 4 rings (SSSR count). The second-order valence-electron chi connectivity index (χ2n) is 8.88. The summed E-state index contributed by atoms with van der Waals surface area (Å²) in [5.41, 5.74) is -1.79. The number of aliphatic carboxylic acids is 1. The van der Waals surface area contributed by atoms with E-state index in [-0.39, 0.29) is 29.3 Å². The minimum atomic E-state index is -1.65. The summed E-state index contributed by atoms with van der Waals surface area (Å²) in [6.07, 6.45) is 7.04. The molecule has 0 aromatic carbocycles. The summed E-state index contributed by atoms with van der Waals surface area (Å²) in [5, 5.41) is 31.1. The quantitative estimate of drug-likeness (QED) is 0.678. The van der Waals surface area contributed by atoms with Crippen molar-refractivity contribution in [1.82, 2.24) is 0 Å². The lowest BCUT2D eigenvalue weighted by Gasteiger charge is -2.57. The summed E-state index contributed by atoms with van der Waals surface area (Å²) in [7, 11) is 0. The van der Waals surface area contributed by atoms with Gasteiger partial charge in [-0.1, -0.05) is 12.5 Å². The number of hydrogen-bond donors (Lipinski definition) is 3. The highest BCUT2D eigenvalue weighted by atomic mass is 16.4. The van der Waals surface area contributed by atoms with Crippen LogP contribution in [0.15, 0.2) is 23.5 Å². The Hall–Kier alpha value is -1.62. The number of rotatable bonds is 1. The third kappa shape index (κ3) is 1.88. The number of carbonyl (C=O) groups excluding carboxylic acids is 1. The van der Waals surface area contributed by atoms with Crippen LogP contribution in [0.25, 0.3) is 0 Å². The van der Waals surface area contributed by atoms with Crippen molar-refractivity contribution < 1.29 is 24.9 Å². The van der Waals surface area contributed by atoms with E-state index in [0.29, 0.717) is 19.3 Å². The molecule has 6 atom stereocenters. The molecule has 0 radical (unpaired) electrons. The number of allylic oxidation sites excluding steroid dienone is 3. The number of ketones is 1. The molecule has 136 valence electrons. The van der Waals surface area contributed by atoms with Crippen LogP contribution in [-0.2, 0) is 9.59 Å². The minimum absolute atomic E-state index is 0.135. The van der Waals surface area contributed by atoms with Gasteiger partial charge < -0.3 is 15.3 Å². The van der Waals surface area contributed by atoms with Crippen LogP contribution in [0.4, 0.5) is 0 Å². The van der Waals surface area contributed by atoms with E-state index in [2.05, 4.69) is 0 Å². The zero-order valence-corrected chi connectivity index (χ0v) is 14.8. The lowest BCUT2D eigenvalue weighted by Crippen LogP contribution is -2.57. The first-order valence-electron chi connectivity index (χ1n) is 9.26. The van der Waals surface area contributed by atoms with Gasteiger partial charge >= 0.3 is 5.97 Å². The zero-order valence-electron chi connectivity index (χ0n) is 14.8. The molecule has 0 bridgehead atoms. The van der Waals surface area contributed by atoms with Crippen molar-refractivity contribution >= 4 is 11.8 Å². The molecule has 0 aromatic heterocycles. The second kappa shape index (κ2) is 4.97. The van der Waals surface area contributed by atoms with Crippen molar-refractivity contribution in [3.63, 3.8) is 0 Å². The number of carboxylic acid groups (broad SMARTS) is 1. The fourth-order valence-electron chi connectivity index (χ4n) is 6.67. The SMILES string of the molecule is CC12C(O)=CC(=O)C=C1CCC1C2CCC2(C)C1CCC2(O)C(=O)O. The van der Waals surface area contributed by atoms with Gasteiger partial charge in [0.05, 0.1) is 0 Å². The first kappa shape index (κ1) is 16.8. The average Bonchev–Trinajstić information content (AvgIpc) is 2.82. The maximum Gasteiger partial charge on any atom is 0.336 e. The lowest BCUT2D eigenvalue weighted by atomic mass is 9.47. The number of fused-ring (bicyclic) bond motifs is 5. The van der Waals surface area contributed by atoms with Crippen LogP contribution < -0.4 is 0 Å². The first-order valence-corrected chi connectivity index (χ1v) is 9.26. The number of aliphatic hydroxyl groups is 2. The Morgan fingerprint density at radius 2 is 1.80 bits per heavy atom. The zero-order chi connectivity index (χ0) is 18.2. The summed E-state index contributed by atoms with van der Waals surface area (Å²) >= 11 is 0. The van der Waals surface area contributed by atoms with Gasteiger partial charge in [0.1, 0.15) is 5.76 Å². The molecular formula is C20H26O5. The van der Waals surface area contributed by atoms with Gasteiger partial charge in [0.15, 0.2) is 11.4 Å². The Labute approximate surface area is 147 Å². The van der Waals surface area contributed by atoms with Crippen LogP contribution in [0, 0.1) is 28.6 Å². The van der Waals surface area contributed by atoms with E-state index in [1.807, 2.05) is 13.8 Å². The lowest BCUT2D eigenvalue weighted by molar-refractivity contribution is -0.181. The second-order valence-corrected chi connectivity index (χ2v) is 8.88. The van der Waals surface area contributed by atoms with Crippen molar-refractivity contribution in [3.8, 4) is 0 Å². The molecular weight excluding hydrogens is 320 g/mol. The molecule has 3 fully saturated rings. The van der Waals surface area contributed by atoms with E-state index in [9.17, 15) is 24.9 Å². The molecule has 0 amide bonds. The van der Waals surface area contributed by atoms with Crippen molar-refractivity contribution in [1.29, 1.82) is 0 Å². The summed E-state index contributed by atoms with van der Waals surface area (Å²) in [6, 6.07) is 0. The highest BCUT2D eigenvalue weighted by molar-refractivity contribution is 6.01.